The number of anilines is 1. The van der Waals surface area contributed by atoms with E-state index in [1.807, 2.05) is 48.5 Å². The van der Waals surface area contributed by atoms with Crippen LogP contribution in [0.25, 0.3) is 0 Å². The average molecular weight is 271 g/mol. The van der Waals surface area contributed by atoms with Gasteiger partial charge in [0.1, 0.15) is 5.75 Å². The normalized spacial score (nSPS) is 17.1. The molecule has 1 aliphatic heterocycles. The van der Waals surface area contributed by atoms with Crippen LogP contribution in [0.5, 0.6) is 5.75 Å². The standard InChI is InChI=1S/C15H13NO2S/c1-17-11-8-6-10(7-9-11)14-16-13-5-3-2-4-12(13)15(19)18-14/h2-9,14,16H,1H3. The Morgan fingerprint density at radius 1 is 1.11 bits per heavy atom. The highest BCUT2D eigenvalue weighted by Crippen LogP contribution is 2.31. The maximum absolute atomic E-state index is 5.75. The first-order valence-electron chi connectivity index (χ1n) is 5.98. The molecule has 3 nitrogen and oxygen atoms in total. The highest BCUT2D eigenvalue weighted by atomic mass is 32.1. The highest BCUT2D eigenvalue weighted by molar-refractivity contribution is 7.80. The van der Waals surface area contributed by atoms with Gasteiger partial charge >= 0.3 is 0 Å². The molecule has 1 atom stereocenters. The summed E-state index contributed by atoms with van der Waals surface area (Å²) in [6, 6.07) is 15.6. The summed E-state index contributed by atoms with van der Waals surface area (Å²) in [4.78, 5) is 0. The van der Waals surface area contributed by atoms with Crippen LogP contribution >= 0.6 is 12.2 Å². The van der Waals surface area contributed by atoms with E-state index >= 15 is 0 Å². The van der Waals surface area contributed by atoms with Gasteiger partial charge < -0.3 is 14.8 Å². The van der Waals surface area contributed by atoms with Gasteiger partial charge in [0.15, 0.2) is 11.3 Å². The third-order valence-corrected chi connectivity index (χ3v) is 3.39. The van der Waals surface area contributed by atoms with Gasteiger partial charge in [0, 0.05) is 11.3 Å². The van der Waals surface area contributed by atoms with E-state index in [1.54, 1.807) is 7.11 Å². The van der Waals surface area contributed by atoms with Gasteiger partial charge in [-0.1, -0.05) is 12.1 Å². The second kappa shape index (κ2) is 4.90. The van der Waals surface area contributed by atoms with Gasteiger partial charge in [0.2, 0.25) is 0 Å². The molecule has 0 saturated carbocycles. The van der Waals surface area contributed by atoms with Gasteiger partial charge in [-0.15, -0.1) is 0 Å². The Bertz CT molecular complexity index is 610. The maximum atomic E-state index is 5.75. The van der Waals surface area contributed by atoms with E-state index in [2.05, 4.69) is 5.32 Å². The summed E-state index contributed by atoms with van der Waals surface area (Å²) in [5.41, 5.74) is 2.94. The molecule has 0 bridgehead atoms. The van der Waals surface area contributed by atoms with Crippen molar-refractivity contribution in [3.05, 3.63) is 59.7 Å². The first kappa shape index (κ1) is 12.0. The van der Waals surface area contributed by atoms with E-state index in [0.717, 1.165) is 22.6 Å². The molecular weight excluding hydrogens is 258 g/mol. The van der Waals surface area contributed by atoms with Gasteiger partial charge in [-0.25, -0.2) is 0 Å². The van der Waals surface area contributed by atoms with Crippen LogP contribution in [0.2, 0.25) is 0 Å². The number of nitrogens with one attached hydrogen (secondary N) is 1. The van der Waals surface area contributed by atoms with Crippen LogP contribution in [0.4, 0.5) is 5.69 Å². The minimum absolute atomic E-state index is 0.256. The monoisotopic (exact) mass is 271 g/mol. The van der Waals surface area contributed by atoms with E-state index < -0.39 is 0 Å². The minimum atomic E-state index is -0.256. The summed E-state index contributed by atoms with van der Waals surface area (Å²) in [5, 5.41) is 3.85. The van der Waals surface area contributed by atoms with Crippen LogP contribution in [0, 0.1) is 0 Å². The Hall–Kier alpha value is -2.07. The molecule has 0 radical (unpaired) electrons. The Balaban J connectivity index is 1.90. The molecule has 2 aromatic carbocycles. The number of benzene rings is 2. The minimum Gasteiger partial charge on any atom is -0.497 e. The van der Waals surface area contributed by atoms with E-state index in [-0.39, 0.29) is 6.23 Å². The number of hydrogen-bond acceptors (Lipinski definition) is 4. The summed E-state index contributed by atoms with van der Waals surface area (Å²) in [6.07, 6.45) is -0.256. The largest absolute Gasteiger partial charge is 0.497 e. The molecule has 4 heteroatoms. The zero-order valence-corrected chi connectivity index (χ0v) is 11.2. The van der Waals surface area contributed by atoms with Gasteiger partial charge in [-0.3, -0.25) is 0 Å². The van der Waals surface area contributed by atoms with Crippen molar-refractivity contribution in [2.75, 3.05) is 12.4 Å². The van der Waals surface area contributed by atoms with Crippen LogP contribution in [-0.4, -0.2) is 12.2 Å². The van der Waals surface area contributed by atoms with E-state index in [4.69, 9.17) is 21.7 Å². The van der Waals surface area contributed by atoms with Gasteiger partial charge in [0.25, 0.3) is 0 Å². The van der Waals surface area contributed by atoms with E-state index in [0.29, 0.717) is 5.05 Å². The van der Waals surface area contributed by atoms with Gasteiger partial charge in [0.05, 0.1) is 12.7 Å². The second-order valence-electron chi connectivity index (χ2n) is 4.25. The van der Waals surface area contributed by atoms with Crippen LogP contribution < -0.4 is 10.1 Å². The molecule has 0 aliphatic carbocycles. The van der Waals surface area contributed by atoms with Crippen LogP contribution in [0.15, 0.2) is 48.5 Å². The third kappa shape index (κ3) is 2.27. The molecule has 1 unspecified atom stereocenters. The lowest BCUT2D eigenvalue weighted by molar-refractivity contribution is 0.223. The number of methoxy groups -OCH3 is 1. The molecule has 0 aromatic heterocycles. The smallest absolute Gasteiger partial charge is 0.197 e. The van der Waals surface area contributed by atoms with Crippen molar-refractivity contribution in [3.8, 4) is 5.75 Å². The molecule has 96 valence electrons. The maximum Gasteiger partial charge on any atom is 0.197 e. The van der Waals surface area contributed by atoms with Crippen molar-refractivity contribution >= 4 is 23.0 Å². The van der Waals surface area contributed by atoms with Crippen molar-refractivity contribution < 1.29 is 9.47 Å². The Labute approximate surface area is 117 Å². The van der Waals surface area contributed by atoms with E-state index in [9.17, 15) is 0 Å². The fourth-order valence-electron chi connectivity index (χ4n) is 2.06. The lowest BCUT2D eigenvalue weighted by Gasteiger charge is -2.28. The molecule has 3 rings (SSSR count). The fourth-order valence-corrected chi connectivity index (χ4v) is 2.33. The predicted octanol–water partition coefficient (Wildman–Crippen LogP) is 3.51. The quantitative estimate of drug-likeness (QED) is 0.847. The Morgan fingerprint density at radius 3 is 2.58 bits per heavy atom. The molecule has 0 saturated heterocycles. The average Bonchev–Trinajstić information content (AvgIpc) is 2.47. The molecule has 0 amide bonds. The first-order chi connectivity index (χ1) is 9.28. The molecule has 19 heavy (non-hydrogen) atoms. The van der Waals surface area contributed by atoms with Crippen molar-refractivity contribution in [3.63, 3.8) is 0 Å². The predicted molar refractivity (Wildman–Crippen MR) is 78.6 cm³/mol. The lowest BCUT2D eigenvalue weighted by Crippen LogP contribution is -2.24. The van der Waals surface area contributed by atoms with Crippen LogP contribution in [-0.2, 0) is 4.74 Å². The fraction of sp³-hybridized carbons (Fsp3) is 0.133. The lowest BCUT2D eigenvalue weighted by atomic mass is 10.1. The summed E-state index contributed by atoms with van der Waals surface area (Å²) >= 11 is 5.30. The molecule has 0 spiro atoms. The second-order valence-corrected chi connectivity index (χ2v) is 4.62. The SMILES string of the molecule is COc1ccc(C2Nc3ccccc3C(=S)O2)cc1. The Morgan fingerprint density at radius 2 is 1.84 bits per heavy atom. The molecule has 1 heterocycles. The Kier molecular flexibility index (Phi) is 3.09. The summed E-state index contributed by atoms with van der Waals surface area (Å²) in [6.45, 7) is 0. The van der Waals surface area contributed by atoms with Crippen molar-refractivity contribution in [2.45, 2.75) is 6.23 Å². The summed E-state index contributed by atoms with van der Waals surface area (Å²) < 4.78 is 10.9. The summed E-state index contributed by atoms with van der Waals surface area (Å²) in [5.74, 6) is 0.822. The molecular formula is C15H13NO2S. The highest BCUT2D eigenvalue weighted by Gasteiger charge is 2.23. The molecule has 2 aromatic rings. The van der Waals surface area contributed by atoms with Crippen LogP contribution in [0.3, 0.4) is 0 Å². The molecule has 1 N–H and O–H groups in total. The zero-order chi connectivity index (χ0) is 13.2. The summed E-state index contributed by atoms with van der Waals surface area (Å²) in [7, 11) is 1.65. The van der Waals surface area contributed by atoms with Crippen molar-refractivity contribution in [1.82, 2.24) is 0 Å². The number of para-hydroxylation sites is 1. The van der Waals surface area contributed by atoms with Crippen LogP contribution in [0.1, 0.15) is 17.4 Å². The number of rotatable bonds is 2. The zero-order valence-electron chi connectivity index (χ0n) is 10.4. The molecule has 0 fully saturated rings. The number of fused-ring (bicyclic) bond motifs is 1. The van der Waals surface area contributed by atoms with E-state index in [1.165, 1.54) is 0 Å². The number of ether oxygens (including phenoxy) is 2. The van der Waals surface area contributed by atoms with Gasteiger partial charge in [-0.2, -0.15) is 0 Å². The number of hydrogen-bond donors (Lipinski definition) is 1. The third-order valence-electron chi connectivity index (χ3n) is 3.08. The van der Waals surface area contributed by atoms with Crippen molar-refractivity contribution in [1.29, 1.82) is 0 Å². The molecule has 1 aliphatic rings. The van der Waals surface area contributed by atoms with Gasteiger partial charge in [-0.05, 0) is 48.6 Å². The first-order valence-corrected chi connectivity index (χ1v) is 6.39. The topological polar surface area (TPSA) is 30.5 Å². The number of thiocarbonyl (C=S) groups is 1. The van der Waals surface area contributed by atoms with Crippen molar-refractivity contribution in [2.24, 2.45) is 0 Å².